The number of fused-ring (bicyclic) bond motifs is 1. The highest BCUT2D eigenvalue weighted by molar-refractivity contribution is 6.00. The van der Waals surface area contributed by atoms with Crippen LogP contribution in [0.5, 0.6) is 0 Å². The van der Waals surface area contributed by atoms with Crippen LogP contribution in [0, 0.1) is 0 Å². The summed E-state index contributed by atoms with van der Waals surface area (Å²) in [6.45, 7) is 4.10. The van der Waals surface area contributed by atoms with Crippen LogP contribution in [0.2, 0.25) is 0 Å². The molecular weight excluding hydrogens is 398 g/mol. The van der Waals surface area contributed by atoms with Crippen LogP contribution in [-0.2, 0) is 22.4 Å². The third kappa shape index (κ3) is 3.95. The molecule has 5 rings (SSSR count). The van der Waals surface area contributed by atoms with Crippen LogP contribution in [0.1, 0.15) is 36.8 Å². The topological polar surface area (TPSA) is 43.9 Å². The van der Waals surface area contributed by atoms with Crippen molar-refractivity contribution in [3.63, 3.8) is 0 Å². The van der Waals surface area contributed by atoms with E-state index in [9.17, 15) is 9.59 Å². The van der Waals surface area contributed by atoms with Crippen molar-refractivity contribution < 1.29 is 9.59 Å². The van der Waals surface area contributed by atoms with E-state index in [2.05, 4.69) is 47.4 Å². The molecule has 1 atom stereocenters. The first-order chi connectivity index (χ1) is 15.7. The van der Waals surface area contributed by atoms with E-state index in [1.165, 1.54) is 11.1 Å². The smallest absolute Gasteiger partial charge is 0.249 e. The number of amides is 2. The average molecular weight is 432 g/mol. The molecule has 0 bridgehead atoms. The molecule has 5 nitrogen and oxygen atoms in total. The minimum Gasteiger partial charge on any atom is -0.329 e. The van der Waals surface area contributed by atoms with Crippen molar-refractivity contribution in [3.05, 3.63) is 71.8 Å². The van der Waals surface area contributed by atoms with Gasteiger partial charge in [-0.15, -0.1) is 0 Å². The maximum atomic E-state index is 13.8. The van der Waals surface area contributed by atoms with E-state index >= 15 is 0 Å². The molecule has 0 radical (unpaired) electrons. The Balaban J connectivity index is 1.31. The number of benzene rings is 2. The lowest BCUT2D eigenvalue weighted by Gasteiger charge is -2.53. The van der Waals surface area contributed by atoms with Crippen molar-refractivity contribution in [2.24, 2.45) is 0 Å². The van der Waals surface area contributed by atoms with E-state index < -0.39 is 5.54 Å². The maximum absolute atomic E-state index is 13.8. The normalized spacial score (nSPS) is 23.1. The summed E-state index contributed by atoms with van der Waals surface area (Å²) >= 11 is 0. The SMILES string of the molecule is O=C1C2CCCN2C(=O)C2(CCN(CCc3ccccc3)CC2)N1CCc1ccccc1. The zero-order chi connectivity index (χ0) is 22.0. The molecule has 1 unspecified atom stereocenters. The minimum absolute atomic E-state index is 0.177. The van der Waals surface area contributed by atoms with Crippen molar-refractivity contribution in [2.45, 2.75) is 50.1 Å². The van der Waals surface area contributed by atoms with Crippen molar-refractivity contribution >= 4 is 11.8 Å². The zero-order valence-corrected chi connectivity index (χ0v) is 18.8. The number of nitrogens with zero attached hydrogens (tertiary/aromatic N) is 3. The van der Waals surface area contributed by atoms with E-state index in [4.69, 9.17) is 0 Å². The molecule has 168 valence electrons. The van der Waals surface area contributed by atoms with Gasteiger partial charge in [-0.3, -0.25) is 9.59 Å². The summed E-state index contributed by atoms with van der Waals surface area (Å²) in [4.78, 5) is 33.7. The fraction of sp³-hybridized carbons (Fsp3) is 0.481. The fourth-order valence-electron chi connectivity index (χ4n) is 5.81. The van der Waals surface area contributed by atoms with Gasteiger partial charge in [-0.25, -0.2) is 0 Å². The van der Waals surface area contributed by atoms with E-state index in [0.717, 1.165) is 64.7 Å². The lowest BCUT2D eigenvalue weighted by atomic mass is 9.80. The third-order valence-electron chi connectivity index (χ3n) is 7.69. The molecule has 32 heavy (non-hydrogen) atoms. The molecule has 3 aliphatic heterocycles. The van der Waals surface area contributed by atoms with Gasteiger partial charge in [0.25, 0.3) is 0 Å². The second kappa shape index (κ2) is 9.07. The van der Waals surface area contributed by atoms with Crippen LogP contribution in [0.25, 0.3) is 0 Å². The Morgan fingerprint density at radius 1 is 0.781 bits per heavy atom. The molecule has 3 heterocycles. The monoisotopic (exact) mass is 431 g/mol. The van der Waals surface area contributed by atoms with Crippen molar-refractivity contribution in [1.29, 1.82) is 0 Å². The Hall–Kier alpha value is -2.66. The molecule has 2 aromatic carbocycles. The number of likely N-dealkylation sites (tertiary alicyclic amines) is 1. The largest absolute Gasteiger partial charge is 0.329 e. The molecule has 2 amide bonds. The predicted octanol–water partition coefficient (Wildman–Crippen LogP) is 3.14. The van der Waals surface area contributed by atoms with Crippen LogP contribution in [-0.4, -0.2) is 70.8 Å². The Morgan fingerprint density at radius 3 is 2.00 bits per heavy atom. The summed E-state index contributed by atoms with van der Waals surface area (Å²) in [5.74, 6) is 0.381. The van der Waals surface area contributed by atoms with Crippen molar-refractivity contribution in [1.82, 2.24) is 14.7 Å². The summed E-state index contributed by atoms with van der Waals surface area (Å²) in [5.41, 5.74) is 1.91. The molecule has 3 fully saturated rings. The number of piperazine rings is 1. The highest BCUT2D eigenvalue weighted by Gasteiger charge is 2.57. The van der Waals surface area contributed by atoms with Gasteiger partial charge in [0.2, 0.25) is 11.8 Å². The molecule has 3 saturated heterocycles. The van der Waals surface area contributed by atoms with E-state index in [-0.39, 0.29) is 17.9 Å². The van der Waals surface area contributed by atoms with Gasteiger partial charge in [-0.05, 0) is 49.7 Å². The molecule has 0 aromatic heterocycles. The first-order valence-electron chi connectivity index (χ1n) is 12.1. The van der Waals surface area contributed by atoms with E-state index in [1.54, 1.807) is 0 Å². The van der Waals surface area contributed by atoms with Gasteiger partial charge in [0.05, 0.1) is 0 Å². The highest BCUT2D eigenvalue weighted by Crippen LogP contribution is 2.39. The molecule has 3 aliphatic rings. The summed E-state index contributed by atoms with van der Waals surface area (Å²) in [6.07, 6.45) is 5.05. The highest BCUT2D eigenvalue weighted by atomic mass is 16.2. The molecular formula is C27H33N3O2. The van der Waals surface area contributed by atoms with Gasteiger partial charge in [0, 0.05) is 32.7 Å². The van der Waals surface area contributed by atoms with Crippen LogP contribution in [0.4, 0.5) is 0 Å². The van der Waals surface area contributed by atoms with Crippen molar-refractivity contribution in [3.8, 4) is 0 Å². The Bertz CT molecular complexity index is 938. The third-order valence-corrected chi connectivity index (χ3v) is 7.69. The fourth-order valence-corrected chi connectivity index (χ4v) is 5.81. The van der Waals surface area contributed by atoms with E-state index in [1.807, 2.05) is 28.0 Å². The molecule has 2 aromatic rings. The van der Waals surface area contributed by atoms with Gasteiger partial charge < -0.3 is 14.7 Å². The van der Waals surface area contributed by atoms with Gasteiger partial charge in [0.15, 0.2) is 0 Å². The number of rotatable bonds is 6. The lowest BCUT2D eigenvalue weighted by molar-refractivity contribution is -0.172. The summed E-state index contributed by atoms with van der Waals surface area (Å²) in [5, 5.41) is 0. The second-order valence-electron chi connectivity index (χ2n) is 9.49. The van der Waals surface area contributed by atoms with Gasteiger partial charge in [-0.1, -0.05) is 60.7 Å². The van der Waals surface area contributed by atoms with Crippen LogP contribution < -0.4 is 0 Å². The average Bonchev–Trinajstić information content (AvgIpc) is 3.34. The summed E-state index contributed by atoms with van der Waals surface area (Å²) < 4.78 is 0. The van der Waals surface area contributed by atoms with Gasteiger partial charge >= 0.3 is 0 Å². The standard InChI is InChI=1S/C27H33N3O2/c31-25-24-12-7-17-29(24)26(32)27(30(25)19-14-23-10-5-2-6-11-23)15-20-28(21-16-27)18-13-22-8-3-1-4-9-22/h1-6,8-11,24H,7,12-21H2. The lowest BCUT2D eigenvalue weighted by Crippen LogP contribution is -2.72. The second-order valence-corrected chi connectivity index (χ2v) is 9.49. The quantitative estimate of drug-likeness (QED) is 0.706. The van der Waals surface area contributed by atoms with Crippen LogP contribution >= 0.6 is 0 Å². The van der Waals surface area contributed by atoms with Gasteiger partial charge in [-0.2, -0.15) is 0 Å². The Kier molecular flexibility index (Phi) is 6.01. The molecule has 0 N–H and O–H groups in total. The van der Waals surface area contributed by atoms with Crippen LogP contribution in [0.15, 0.2) is 60.7 Å². The number of piperidine rings is 1. The summed E-state index contributed by atoms with van der Waals surface area (Å²) in [7, 11) is 0. The first kappa shape index (κ1) is 21.2. The number of hydrogen-bond acceptors (Lipinski definition) is 3. The first-order valence-corrected chi connectivity index (χ1v) is 12.1. The molecule has 5 heteroatoms. The maximum Gasteiger partial charge on any atom is 0.249 e. The Labute approximate surface area is 191 Å². The predicted molar refractivity (Wildman–Crippen MR) is 125 cm³/mol. The number of carbonyl (C=O) groups is 2. The number of carbonyl (C=O) groups excluding carboxylic acids is 2. The Morgan fingerprint density at radius 2 is 1.38 bits per heavy atom. The number of hydrogen-bond donors (Lipinski definition) is 0. The van der Waals surface area contributed by atoms with Crippen molar-refractivity contribution in [2.75, 3.05) is 32.7 Å². The zero-order valence-electron chi connectivity index (χ0n) is 18.8. The van der Waals surface area contributed by atoms with E-state index in [0.29, 0.717) is 6.54 Å². The summed E-state index contributed by atoms with van der Waals surface area (Å²) in [6, 6.07) is 20.6. The minimum atomic E-state index is -0.657. The molecule has 0 aliphatic carbocycles. The molecule has 0 saturated carbocycles. The van der Waals surface area contributed by atoms with Crippen LogP contribution in [0.3, 0.4) is 0 Å². The van der Waals surface area contributed by atoms with Gasteiger partial charge in [0.1, 0.15) is 11.6 Å². The molecule has 1 spiro atoms.